The fourth-order valence-electron chi connectivity index (χ4n) is 1.67. The summed E-state index contributed by atoms with van der Waals surface area (Å²) in [7, 11) is 0. The van der Waals surface area contributed by atoms with E-state index >= 15 is 0 Å². The number of amides is 1. The Bertz CT molecular complexity index is 657. The Labute approximate surface area is 136 Å². The van der Waals surface area contributed by atoms with Gasteiger partial charge in [0.1, 0.15) is 19.0 Å². The summed E-state index contributed by atoms with van der Waals surface area (Å²) in [6.45, 7) is -0.166. The molecular formula is C16H15BrN2O3. The summed E-state index contributed by atoms with van der Waals surface area (Å²) in [4.78, 5) is 10.9. The number of para-hydroxylation sites is 1. The SMILES string of the molecule is O=C(CO)N/N=C/c1ccccc1OCc1ccc(Br)cc1. The summed E-state index contributed by atoms with van der Waals surface area (Å²) < 4.78 is 6.80. The van der Waals surface area contributed by atoms with E-state index in [0.29, 0.717) is 12.4 Å². The molecule has 0 spiro atoms. The van der Waals surface area contributed by atoms with Crippen molar-refractivity contribution in [2.24, 2.45) is 5.10 Å². The van der Waals surface area contributed by atoms with E-state index in [1.165, 1.54) is 6.21 Å². The van der Waals surface area contributed by atoms with Crippen molar-refractivity contribution in [2.75, 3.05) is 6.61 Å². The first-order valence-electron chi connectivity index (χ1n) is 6.58. The number of hydrogen-bond donors (Lipinski definition) is 2. The van der Waals surface area contributed by atoms with Crippen LogP contribution in [0.5, 0.6) is 5.75 Å². The molecule has 0 atom stereocenters. The van der Waals surface area contributed by atoms with Crippen molar-refractivity contribution in [1.29, 1.82) is 0 Å². The van der Waals surface area contributed by atoms with Crippen molar-refractivity contribution in [1.82, 2.24) is 5.43 Å². The van der Waals surface area contributed by atoms with Crippen LogP contribution in [0.1, 0.15) is 11.1 Å². The van der Waals surface area contributed by atoms with E-state index in [4.69, 9.17) is 9.84 Å². The zero-order valence-corrected chi connectivity index (χ0v) is 13.3. The maximum Gasteiger partial charge on any atom is 0.265 e. The number of rotatable bonds is 6. The lowest BCUT2D eigenvalue weighted by Gasteiger charge is -2.09. The third-order valence-corrected chi connectivity index (χ3v) is 3.29. The second kappa shape index (κ2) is 8.31. The molecule has 0 unspecified atom stereocenters. The van der Waals surface area contributed by atoms with Crippen LogP contribution in [0.15, 0.2) is 58.1 Å². The Kier molecular flexibility index (Phi) is 6.12. The van der Waals surface area contributed by atoms with E-state index in [9.17, 15) is 4.79 Å². The third kappa shape index (κ3) is 4.98. The molecule has 22 heavy (non-hydrogen) atoms. The molecule has 0 saturated heterocycles. The Morgan fingerprint density at radius 3 is 2.68 bits per heavy atom. The third-order valence-electron chi connectivity index (χ3n) is 2.76. The number of carbonyl (C=O) groups excluding carboxylic acids is 1. The summed E-state index contributed by atoms with van der Waals surface area (Å²) in [6.07, 6.45) is 1.48. The van der Waals surface area contributed by atoms with Gasteiger partial charge in [-0.15, -0.1) is 0 Å². The molecule has 0 heterocycles. The lowest BCUT2D eigenvalue weighted by Crippen LogP contribution is -2.20. The van der Waals surface area contributed by atoms with E-state index < -0.39 is 12.5 Å². The topological polar surface area (TPSA) is 70.9 Å². The molecule has 0 bridgehead atoms. The number of carbonyl (C=O) groups is 1. The Morgan fingerprint density at radius 2 is 1.95 bits per heavy atom. The summed E-state index contributed by atoms with van der Waals surface area (Å²) in [6, 6.07) is 15.2. The van der Waals surface area contributed by atoms with Crippen molar-refractivity contribution < 1.29 is 14.6 Å². The molecule has 114 valence electrons. The second-order valence-corrected chi connectivity index (χ2v) is 5.32. The zero-order chi connectivity index (χ0) is 15.8. The second-order valence-electron chi connectivity index (χ2n) is 4.40. The highest BCUT2D eigenvalue weighted by atomic mass is 79.9. The lowest BCUT2D eigenvalue weighted by atomic mass is 10.2. The van der Waals surface area contributed by atoms with Crippen molar-refractivity contribution in [3.05, 3.63) is 64.1 Å². The number of aliphatic hydroxyl groups excluding tert-OH is 1. The highest BCUT2D eigenvalue weighted by Crippen LogP contribution is 2.18. The van der Waals surface area contributed by atoms with Gasteiger partial charge in [0.25, 0.3) is 5.91 Å². The molecular weight excluding hydrogens is 348 g/mol. The molecule has 0 aliphatic heterocycles. The van der Waals surface area contributed by atoms with E-state index in [0.717, 1.165) is 15.6 Å². The molecule has 5 nitrogen and oxygen atoms in total. The van der Waals surface area contributed by atoms with E-state index in [1.54, 1.807) is 0 Å². The monoisotopic (exact) mass is 362 g/mol. The fraction of sp³-hybridized carbons (Fsp3) is 0.125. The average molecular weight is 363 g/mol. The van der Waals surface area contributed by atoms with Crippen LogP contribution in [0, 0.1) is 0 Å². The molecule has 0 saturated carbocycles. The summed E-state index contributed by atoms with van der Waals surface area (Å²) in [5, 5.41) is 12.4. The zero-order valence-electron chi connectivity index (χ0n) is 11.7. The quantitative estimate of drug-likeness (QED) is 0.612. The van der Waals surface area contributed by atoms with Crippen LogP contribution in [0.2, 0.25) is 0 Å². The predicted octanol–water partition coefficient (Wildman–Crippen LogP) is 2.47. The highest BCUT2D eigenvalue weighted by molar-refractivity contribution is 9.10. The van der Waals surface area contributed by atoms with Crippen LogP contribution in [0.3, 0.4) is 0 Å². The molecule has 0 aromatic heterocycles. The summed E-state index contributed by atoms with van der Waals surface area (Å²) >= 11 is 3.39. The van der Waals surface area contributed by atoms with Crippen LogP contribution in [-0.2, 0) is 11.4 Å². The van der Waals surface area contributed by atoms with Crippen molar-refractivity contribution in [2.45, 2.75) is 6.61 Å². The molecule has 2 aromatic carbocycles. The molecule has 0 fully saturated rings. The van der Waals surface area contributed by atoms with Crippen LogP contribution in [0.4, 0.5) is 0 Å². The molecule has 0 radical (unpaired) electrons. The van der Waals surface area contributed by atoms with Gasteiger partial charge in [-0.2, -0.15) is 5.10 Å². The Morgan fingerprint density at radius 1 is 1.23 bits per heavy atom. The van der Waals surface area contributed by atoms with Gasteiger partial charge in [-0.1, -0.05) is 40.2 Å². The molecule has 2 N–H and O–H groups in total. The van der Waals surface area contributed by atoms with Crippen LogP contribution < -0.4 is 10.2 Å². The smallest absolute Gasteiger partial charge is 0.265 e. The normalized spacial score (nSPS) is 10.6. The van der Waals surface area contributed by atoms with Gasteiger partial charge >= 0.3 is 0 Å². The van der Waals surface area contributed by atoms with Gasteiger partial charge in [-0.3, -0.25) is 4.79 Å². The van der Waals surface area contributed by atoms with E-state index in [2.05, 4.69) is 26.5 Å². The van der Waals surface area contributed by atoms with Crippen molar-refractivity contribution >= 4 is 28.1 Å². The fourth-order valence-corrected chi connectivity index (χ4v) is 1.93. The number of nitrogens with one attached hydrogen (secondary N) is 1. The molecule has 6 heteroatoms. The average Bonchev–Trinajstić information content (AvgIpc) is 2.55. The standard InChI is InChI=1S/C16H15BrN2O3/c17-14-7-5-12(6-8-14)11-22-15-4-2-1-3-13(15)9-18-19-16(21)10-20/h1-9,20H,10-11H2,(H,19,21)/b18-9+. The minimum atomic E-state index is -0.598. The molecule has 0 aliphatic rings. The number of ether oxygens (including phenoxy) is 1. The minimum Gasteiger partial charge on any atom is -0.488 e. The first-order chi connectivity index (χ1) is 10.7. The number of nitrogens with zero attached hydrogens (tertiary/aromatic N) is 1. The number of hydrazone groups is 1. The maximum absolute atomic E-state index is 10.9. The molecule has 0 aliphatic carbocycles. The molecule has 1 amide bonds. The minimum absolute atomic E-state index is 0.432. The first-order valence-corrected chi connectivity index (χ1v) is 7.37. The van der Waals surface area contributed by atoms with Gasteiger partial charge in [-0.25, -0.2) is 5.43 Å². The van der Waals surface area contributed by atoms with Crippen molar-refractivity contribution in [3.63, 3.8) is 0 Å². The highest BCUT2D eigenvalue weighted by Gasteiger charge is 2.02. The predicted molar refractivity (Wildman–Crippen MR) is 87.7 cm³/mol. The van der Waals surface area contributed by atoms with E-state index in [1.807, 2.05) is 48.5 Å². The Hall–Kier alpha value is -2.18. The number of benzene rings is 2. The largest absolute Gasteiger partial charge is 0.488 e. The number of hydrogen-bond acceptors (Lipinski definition) is 4. The van der Waals surface area contributed by atoms with Gasteiger partial charge in [0.2, 0.25) is 0 Å². The Balaban J connectivity index is 2.01. The van der Waals surface area contributed by atoms with Crippen LogP contribution >= 0.6 is 15.9 Å². The van der Waals surface area contributed by atoms with E-state index in [-0.39, 0.29) is 0 Å². The van der Waals surface area contributed by atoms with Gasteiger partial charge in [-0.05, 0) is 29.8 Å². The number of halogens is 1. The van der Waals surface area contributed by atoms with Gasteiger partial charge in [0.15, 0.2) is 0 Å². The summed E-state index contributed by atoms with van der Waals surface area (Å²) in [5.41, 5.74) is 3.99. The van der Waals surface area contributed by atoms with Crippen LogP contribution in [-0.4, -0.2) is 23.8 Å². The summed E-state index contributed by atoms with van der Waals surface area (Å²) in [5.74, 6) is 0.0944. The van der Waals surface area contributed by atoms with Gasteiger partial charge < -0.3 is 9.84 Å². The van der Waals surface area contributed by atoms with Crippen molar-refractivity contribution in [3.8, 4) is 5.75 Å². The van der Waals surface area contributed by atoms with Crippen LogP contribution in [0.25, 0.3) is 0 Å². The first kappa shape index (κ1) is 16.2. The van der Waals surface area contributed by atoms with Gasteiger partial charge in [0.05, 0.1) is 6.21 Å². The number of aliphatic hydroxyl groups is 1. The maximum atomic E-state index is 10.9. The molecule has 2 rings (SSSR count). The lowest BCUT2D eigenvalue weighted by molar-refractivity contribution is -0.123. The molecule has 2 aromatic rings. The van der Waals surface area contributed by atoms with Gasteiger partial charge in [0, 0.05) is 10.0 Å².